The van der Waals surface area contributed by atoms with E-state index in [2.05, 4.69) is 37.4 Å². The largest absolute Gasteiger partial charge is 0.453 e. The predicted octanol–water partition coefficient (Wildman–Crippen LogP) is 7.94. The molecule has 0 radical (unpaired) electrons. The third-order valence-electron chi connectivity index (χ3n) is 12.1. The number of hydrogen-bond acceptors (Lipinski definition) is 9. The van der Waals surface area contributed by atoms with Crippen LogP contribution in [0.25, 0.3) is 33.4 Å². The van der Waals surface area contributed by atoms with E-state index in [0.29, 0.717) is 35.9 Å². The summed E-state index contributed by atoms with van der Waals surface area (Å²) in [5.41, 5.74) is 7.18. The first-order valence-corrected chi connectivity index (χ1v) is 21.8. The van der Waals surface area contributed by atoms with Crippen molar-refractivity contribution in [3.05, 3.63) is 162 Å². The van der Waals surface area contributed by atoms with Gasteiger partial charge in [0.15, 0.2) is 0 Å². The fourth-order valence-corrected chi connectivity index (χ4v) is 8.71. The molecule has 4 aromatic carbocycles. The van der Waals surface area contributed by atoms with Gasteiger partial charge in [-0.25, -0.2) is 19.6 Å². The normalized spacial score (nSPS) is 16.5. The van der Waals surface area contributed by atoms with Gasteiger partial charge in [0.25, 0.3) is 11.8 Å². The van der Waals surface area contributed by atoms with E-state index in [9.17, 15) is 19.2 Å². The Balaban J connectivity index is 0.849. The van der Waals surface area contributed by atoms with Crippen LogP contribution in [0.2, 0.25) is 0 Å². The van der Waals surface area contributed by atoms with Crippen molar-refractivity contribution in [2.45, 2.75) is 49.9 Å². The zero-order chi connectivity index (χ0) is 45.6. The van der Waals surface area contributed by atoms with Gasteiger partial charge < -0.3 is 39.9 Å². The van der Waals surface area contributed by atoms with Crippen molar-refractivity contribution in [2.75, 3.05) is 27.3 Å². The summed E-state index contributed by atoms with van der Waals surface area (Å²) in [6, 6.07) is 31.8. The summed E-state index contributed by atoms with van der Waals surface area (Å²) in [6.45, 7) is 1.08. The SMILES string of the molecule is COC(=O)NC(C(=O)N1CCCC1c1ncc(-c2ccc(C#Cc3ccc4cc(-c5cnc(C6CCCN6C(=O)C(NC(=O)OC)c6ccccc6)[nH]5)cnc4c3)cc2)[nH]1)c1ccccc1. The van der Waals surface area contributed by atoms with E-state index in [0.717, 1.165) is 70.2 Å². The van der Waals surface area contributed by atoms with Crippen LogP contribution in [0.1, 0.15) is 83.8 Å². The molecule has 7 aromatic rings. The summed E-state index contributed by atoms with van der Waals surface area (Å²) in [6.07, 6.45) is 7.06. The average Bonchev–Trinajstić information content (AvgIpc) is 4.22. The van der Waals surface area contributed by atoms with Gasteiger partial charge in [0.2, 0.25) is 0 Å². The highest BCUT2D eigenvalue weighted by molar-refractivity contribution is 5.89. The first-order chi connectivity index (χ1) is 32.3. The van der Waals surface area contributed by atoms with E-state index in [-0.39, 0.29) is 23.9 Å². The van der Waals surface area contributed by atoms with Crippen LogP contribution in [-0.2, 0) is 19.1 Å². The lowest BCUT2D eigenvalue weighted by atomic mass is 10.1. The van der Waals surface area contributed by atoms with Crippen molar-refractivity contribution in [2.24, 2.45) is 0 Å². The second kappa shape index (κ2) is 19.2. The van der Waals surface area contributed by atoms with Gasteiger partial charge in [0, 0.05) is 41.4 Å². The number of imidazole rings is 2. The molecule has 9 rings (SSSR count). The van der Waals surface area contributed by atoms with Gasteiger partial charge in [-0.05, 0) is 72.7 Å². The molecule has 4 unspecified atom stereocenters. The molecule has 0 saturated carbocycles. The number of rotatable bonds is 10. The Morgan fingerprint density at radius 3 is 1.64 bits per heavy atom. The minimum absolute atomic E-state index is 0.222. The number of ether oxygens (including phenoxy) is 2. The Kier molecular flexibility index (Phi) is 12.5. The van der Waals surface area contributed by atoms with Gasteiger partial charge in [0.1, 0.15) is 23.7 Å². The second-order valence-electron chi connectivity index (χ2n) is 16.2. The van der Waals surface area contributed by atoms with Crippen LogP contribution in [0.15, 0.2) is 128 Å². The van der Waals surface area contributed by atoms with Crippen molar-refractivity contribution in [3.63, 3.8) is 0 Å². The minimum atomic E-state index is -0.896. The number of methoxy groups -OCH3 is 2. The third kappa shape index (κ3) is 9.20. The van der Waals surface area contributed by atoms with Crippen LogP contribution in [0.4, 0.5) is 9.59 Å². The van der Waals surface area contributed by atoms with Gasteiger partial charge in [-0.1, -0.05) is 90.7 Å². The molecule has 0 aliphatic carbocycles. The third-order valence-corrected chi connectivity index (χ3v) is 12.1. The smallest absolute Gasteiger partial charge is 0.407 e. The molecule has 66 heavy (non-hydrogen) atoms. The summed E-state index contributed by atoms with van der Waals surface area (Å²) >= 11 is 0. The van der Waals surface area contributed by atoms with Crippen molar-refractivity contribution >= 4 is 34.9 Å². The van der Waals surface area contributed by atoms with Crippen LogP contribution >= 0.6 is 0 Å². The van der Waals surface area contributed by atoms with Gasteiger partial charge >= 0.3 is 12.2 Å². The van der Waals surface area contributed by atoms with Gasteiger partial charge in [-0.15, -0.1) is 0 Å². The number of benzene rings is 4. The molecule has 4 N–H and O–H groups in total. The number of fused-ring (bicyclic) bond motifs is 1. The number of hydrogen-bond donors (Lipinski definition) is 4. The molecule has 2 fully saturated rings. The monoisotopic (exact) mass is 881 g/mol. The number of carbonyl (C=O) groups excluding carboxylic acids is 4. The molecule has 332 valence electrons. The zero-order valence-corrected chi connectivity index (χ0v) is 36.4. The zero-order valence-electron chi connectivity index (χ0n) is 36.4. The van der Waals surface area contributed by atoms with Crippen LogP contribution < -0.4 is 10.6 Å². The van der Waals surface area contributed by atoms with Gasteiger partial charge in [-0.2, -0.15) is 0 Å². The second-order valence-corrected chi connectivity index (χ2v) is 16.2. The number of aromatic nitrogens is 5. The fourth-order valence-electron chi connectivity index (χ4n) is 8.71. The Morgan fingerprint density at radius 1 is 0.606 bits per heavy atom. The number of alkyl carbamates (subject to hydrolysis) is 2. The van der Waals surface area contributed by atoms with Gasteiger partial charge in [0.05, 0.1) is 55.6 Å². The molecule has 4 atom stereocenters. The first-order valence-electron chi connectivity index (χ1n) is 21.8. The molecule has 15 heteroatoms. The van der Waals surface area contributed by atoms with Crippen LogP contribution in [-0.4, -0.2) is 86.0 Å². The molecule has 15 nitrogen and oxygen atoms in total. The molecule has 3 aromatic heterocycles. The Morgan fingerprint density at radius 2 is 1.11 bits per heavy atom. The molecule has 0 bridgehead atoms. The van der Waals surface area contributed by atoms with Crippen LogP contribution in [0.5, 0.6) is 0 Å². The van der Waals surface area contributed by atoms with Crippen molar-refractivity contribution in [1.29, 1.82) is 0 Å². The highest BCUT2D eigenvalue weighted by Gasteiger charge is 2.38. The van der Waals surface area contributed by atoms with Crippen molar-refractivity contribution in [3.8, 4) is 34.4 Å². The maximum absolute atomic E-state index is 13.9. The molecule has 0 spiro atoms. The first kappa shape index (κ1) is 43.0. The molecule has 5 heterocycles. The van der Waals surface area contributed by atoms with E-state index < -0.39 is 24.3 Å². The lowest BCUT2D eigenvalue weighted by Crippen LogP contribution is -2.42. The van der Waals surface area contributed by atoms with Gasteiger partial charge in [-0.3, -0.25) is 14.6 Å². The number of aromatic amines is 2. The van der Waals surface area contributed by atoms with Crippen molar-refractivity contribution < 1.29 is 28.7 Å². The Labute approximate surface area is 381 Å². The molecule has 2 saturated heterocycles. The lowest BCUT2D eigenvalue weighted by Gasteiger charge is -2.28. The number of likely N-dealkylation sites (tertiary alicyclic amines) is 2. The number of carbonyl (C=O) groups is 4. The standard InChI is InChI=1S/C51H47N9O6/c1-65-50(63)57-44(35-11-5-3-6-12-35)48(61)59-25-9-15-42(59)46-53-30-40(55-46)34-22-19-32(20-23-34)17-18-33-21-24-37-28-38(29-52-39(37)27-33)41-31-54-47(56-41)43-16-10-26-60(43)49(62)45(58-51(64)66-2)36-13-7-4-8-14-36/h3-8,11-14,19-24,27-31,42-45H,9-10,15-16,25-26H2,1-2H3,(H,53,55)(H,54,56)(H,57,63)(H,58,64). The summed E-state index contributed by atoms with van der Waals surface area (Å²) in [5, 5.41) is 6.35. The highest BCUT2D eigenvalue weighted by atomic mass is 16.5. The molecular formula is C51H47N9O6. The van der Waals surface area contributed by atoms with E-state index in [4.69, 9.17) is 19.4 Å². The summed E-state index contributed by atoms with van der Waals surface area (Å²) in [7, 11) is 2.55. The van der Waals surface area contributed by atoms with E-state index >= 15 is 0 Å². The van der Waals surface area contributed by atoms with E-state index in [1.807, 2.05) is 109 Å². The van der Waals surface area contributed by atoms with Crippen molar-refractivity contribution in [1.82, 2.24) is 45.4 Å². The molecular weight excluding hydrogens is 835 g/mol. The Hall–Kier alpha value is -8.25. The molecule has 2 aliphatic heterocycles. The van der Waals surface area contributed by atoms with Crippen LogP contribution in [0, 0.1) is 11.8 Å². The Bertz CT molecular complexity index is 2940. The maximum atomic E-state index is 13.9. The van der Waals surface area contributed by atoms with E-state index in [1.165, 1.54) is 14.2 Å². The number of pyridine rings is 1. The number of nitrogens with one attached hydrogen (secondary N) is 4. The minimum Gasteiger partial charge on any atom is -0.453 e. The average molecular weight is 882 g/mol. The maximum Gasteiger partial charge on any atom is 0.407 e. The topological polar surface area (TPSA) is 188 Å². The predicted molar refractivity (Wildman–Crippen MR) is 246 cm³/mol. The number of amides is 4. The quantitative estimate of drug-likeness (QED) is 0.0990. The lowest BCUT2D eigenvalue weighted by molar-refractivity contribution is -0.135. The number of nitrogens with zero attached hydrogens (tertiary/aromatic N) is 5. The highest BCUT2D eigenvalue weighted by Crippen LogP contribution is 2.36. The van der Waals surface area contributed by atoms with Crippen LogP contribution in [0.3, 0.4) is 0 Å². The fraction of sp³-hybridized carbons (Fsp3) is 0.235. The summed E-state index contributed by atoms with van der Waals surface area (Å²) in [4.78, 5) is 76.8. The molecule has 2 aliphatic rings. The molecule has 4 amide bonds. The van der Waals surface area contributed by atoms with E-state index in [1.54, 1.807) is 28.4 Å². The summed E-state index contributed by atoms with van der Waals surface area (Å²) < 4.78 is 9.66. The number of H-pyrrole nitrogens is 2. The summed E-state index contributed by atoms with van der Waals surface area (Å²) in [5.74, 6) is 7.44.